The molecule has 2 aromatic heterocycles. The van der Waals surface area contributed by atoms with Gasteiger partial charge in [-0.1, -0.05) is 42.1 Å². The minimum atomic E-state index is -0.302. The summed E-state index contributed by atoms with van der Waals surface area (Å²) in [5, 5.41) is 1.80. The summed E-state index contributed by atoms with van der Waals surface area (Å²) in [6.45, 7) is 0. The van der Waals surface area contributed by atoms with Crippen molar-refractivity contribution < 1.29 is 4.79 Å². The first-order valence-corrected chi connectivity index (χ1v) is 10.5. The average Bonchev–Trinajstić information content (AvgIpc) is 3.05. The SMILES string of the molecule is CN(C)C(=O)[C@H](Sc1ncnc2sc3c(c12)CCCC3)c1ccccc1. The Labute approximate surface area is 161 Å². The van der Waals surface area contributed by atoms with Gasteiger partial charge in [-0.2, -0.15) is 0 Å². The minimum Gasteiger partial charge on any atom is -0.348 e. The zero-order valence-electron chi connectivity index (χ0n) is 14.9. The second-order valence-corrected chi connectivity index (χ2v) is 8.89. The number of fused-ring (bicyclic) bond motifs is 3. The van der Waals surface area contributed by atoms with Crippen LogP contribution in [-0.4, -0.2) is 34.9 Å². The van der Waals surface area contributed by atoms with Crippen LogP contribution in [0.2, 0.25) is 0 Å². The van der Waals surface area contributed by atoms with Gasteiger partial charge in [-0.25, -0.2) is 9.97 Å². The topological polar surface area (TPSA) is 46.1 Å². The van der Waals surface area contributed by atoms with Crippen LogP contribution in [0.1, 0.15) is 34.1 Å². The molecule has 0 spiro atoms. The molecule has 1 aliphatic rings. The number of carbonyl (C=O) groups excluding carboxylic acids is 1. The molecule has 0 bridgehead atoms. The zero-order valence-corrected chi connectivity index (χ0v) is 16.6. The van der Waals surface area contributed by atoms with Gasteiger partial charge in [0.2, 0.25) is 5.91 Å². The standard InChI is InChI=1S/C20H21N3OS2/c1-23(2)20(24)17(13-8-4-3-5-9-13)26-19-16-14-10-6-7-11-15(14)25-18(16)21-12-22-19/h3-5,8-9,12,17H,6-7,10-11H2,1-2H3/t17-/m1/s1. The van der Waals surface area contributed by atoms with E-state index in [1.165, 1.54) is 28.7 Å². The van der Waals surface area contributed by atoms with Gasteiger partial charge >= 0.3 is 0 Å². The van der Waals surface area contributed by atoms with Crippen LogP contribution in [0.25, 0.3) is 10.2 Å². The van der Waals surface area contributed by atoms with Gasteiger partial charge in [-0.3, -0.25) is 4.79 Å². The predicted molar refractivity (Wildman–Crippen MR) is 108 cm³/mol. The maximum absolute atomic E-state index is 12.9. The highest BCUT2D eigenvalue weighted by Gasteiger charge is 2.27. The van der Waals surface area contributed by atoms with E-state index in [4.69, 9.17) is 0 Å². The predicted octanol–water partition coefficient (Wildman–Crippen LogP) is 4.49. The minimum absolute atomic E-state index is 0.0806. The number of aromatic nitrogens is 2. The highest BCUT2D eigenvalue weighted by atomic mass is 32.2. The fourth-order valence-electron chi connectivity index (χ4n) is 3.39. The molecule has 134 valence electrons. The Hall–Kier alpha value is -1.92. The van der Waals surface area contributed by atoms with Gasteiger partial charge in [0.25, 0.3) is 0 Å². The monoisotopic (exact) mass is 383 g/mol. The van der Waals surface area contributed by atoms with Gasteiger partial charge in [-0.15, -0.1) is 11.3 Å². The molecule has 6 heteroatoms. The van der Waals surface area contributed by atoms with Crippen molar-refractivity contribution in [3.8, 4) is 0 Å². The molecule has 0 fully saturated rings. The zero-order chi connectivity index (χ0) is 18.1. The van der Waals surface area contributed by atoms with Gasteiger partial charge in [0.1, 0.15) is 21.4 Å². The van der Waals surface area contributed by atoms with Gasteiger partial charge in [0.15, 0.2) is 0 Å². The van der Waals surface area contributed by atoms with Crippen LogP contribution >= 0.6 is 23.1 Å². The summed E-state index contributed by atoms with van der Waals surface area (Å²) >= 11 is 3.34. The van der Waals surface area contributed by atoms with Crippen molar-refractivity contribution in [3.63, 3.8) is 0 Å². The number of likely N-dealkylation sites (N-methyl/N-ethyl adjacent to an activating group) is 1. The Bertz CT molecular complexity index is 937. The van der Waals surface area contributed by atoms with E-state index in [9.17, 15) is 4.79 Å². The summed E-state index contributed by atoms with van der Waals surface area (Å²) in [5.41, 5.74) is 2.41. The van der Waals surface area contributed by atoms with Gasteiger partial charge in [0.05, 0.1) is 0 Å². The number of aryl methyl sites for hydroxylation is 2. The fraction of sp³-hybridized carbons (Fsp3) is 0.350. The number of benzene rings is 1. The van der Waals surface area contributed by atoms with Crippen molar-refractivity contribution >= 4 is 39.2 Å². The molecule has 1 amide bonds. The van der Waals surface area contributed by atoms with Crippen molar-refractivity contribution in [2.45, 2.75) is 36.0 Å². The molecule has 4 nitrogen and oxygen atoms in total. The van der Waals surface area contributed by atoms with E-state index in [-0.39, 0.29) is 11.2 Å². The van der Waals surface area contributed by atoms with Gasteiger partial charge < -0.3 is 4.90 Å². The first kappa shape index (κ1) is 17.5. The van der Waals surface area contributed by atoms with Gasteiger partial charge in [0, 0.05) is 24.4 Å². The number of rotatable bonds is 4. The first-order chi connectivity index (χ1) is 12.6. The molecule has 3 aromatic rings. The lowest BCUT2D eigenvalue weighted by atomic mass is 9.97. The lowest BCUT2D eigenvalue weighted by Crippen LogP contribution is -2.26. The van der Waals surface area contributed by atoms with Crippen LogP contribution in [0.4, 0.5) is 0 Å². The summed E-state index contributed by atoms with van der Waals surface area (Å²) < 4.78 is 0. The molecule has 26 heavy (non-hydrogen) atoms. The van der Waals surface area contributed by atoms with Crippen LogP contribution in [0.5, 0.6) is 0 Å². The molecule has 0 unspecified atom stereocenters. The Morgan fingerprint density at radius 3 is 2.69 bits per heavy atom. The average molecular weight is 384 g/mol. The van der Waals surface area contributed by atoms with Gasteiger partial charge in [-0.05, 0) is 36.8 Å². The molecule has 1 atom stereocenters. The highest BCUT2D eigenvalue weighted by Crippen LogP contribution is 2.43. The van der Waals surface area contributed by atoms with Crippen LogP contribution in [0.15, 0.2) is 41.7 Å². The third-order valence-electron chi connectivity index (χ3n) is 4.71. The smallest absolute Gasteiger partial charge is 0.240 e. The molecular formula is C20H21N3OS2. The van der Waals surface area contributed by atoms with Crippen molar-refractivity contribution in [2.24, 2.45) is 0 Å². The molecule has 0 saturated heterocycles. The van der Waals surface area contributed by atoms with Crippen LogP contribution in [0.3, 0.4) is 0 Å². The number of nitrogens with zero attached hydrogens (tertiary/aromatic N) is 3. The number of hydrogen-bond acceptors (Lipinski definition) is 5. The van der Waals surface area contributed by atoms with E-state index in [2.05, 4.69) is 9.97 Å². The lowest BCUT2D eigenvalue weighted by Gasteiger charge is -2.21. The molecule has 0 N–H and O–H groups in total. The molecule has 2 heterocycles. The third kappa shape index (κ3) is 3.23. The van der Waals surface area contributed by atoms with E-state index in [0.29, 0.717) is 0 Å². The second-order valence-electron chi connectivity index (χ2n) is 6.71. The number of hydrogen-bond donors (Lipinski definition) is 0. The molecule has 1 aromatic carbocycles. The first-order valence-electron chi connectivity index (χ1n) is 8.83. The normalized spacial score (nSPS) is 14.8. The van der Waals surface area contributed by atoms with Crippen LogP contribution in [-0.2, 0) is 17.6 Å². The van der Waals surface area contributed by atoms with E-state index in [0.717, 1.165) is 28.3 Å². The van der Waals surface area contributed by atoms with E-state index in [1.807, 2.05) is 30.3 Å². The van der Waals surface area contributed by atoms with Crippen molar-refractivity contribution in [3.05, 3.63) is 52.7 Å². The van der Waals surface area contributed by atoms with Crippen molar-refractivity contribution in [1.29, 1.82) is 0 Å². The Kier molecular flexibility index (Phi) is 4.96. The van der Waals surface area contributed by atoms with Crippen LogP contribution in [0, 0.1) is 0 Å². The van der Waals surface area contributed by atoms with Crippen molar-refractivity contribution in [1.82, 2.24) is 14.9 Å². The summed E-state index contributed by atoms with van der Waals surface area (Å²) in [5.74, 6) is 0.0806. The summed E-state index contributed by atoms with van der Waals surface area (Å²) in [6, 6.07) is 9.96. The highest BCUT2D eigenvalue weighted by molar-refractivity contribution is 8.00. The molecular weight excluding hydrogens is 362 g/mol. The molecule has 0 aliphatic heterocycles. The van der Waals surface area contributed by atoms with E-state index < -0.39 is 0 Å². The van der Waals surface area contributed by atoms with Crippen LogP contribution < -0.4 is 0 Å². The Morgan fingerprint density at radius 2 is 1.92 bits per heavy atom. The fourth-order valence-corrected chi connectivity index (χ4v) is 5.95. The number of amides is 1. The number of thioether (sulfide) groups is 1. The summed E-state index contributed by atoms with van der Waals surface area (Å²) in [4.78, 5) is 26.1. The largest absolute Gasteiger partial charge is 0.348 e. The van der Waals surface area contributed by atoms with E-state index >= 15 is 0 Å². The maximum atomic E-state index is 12.9. The number of thiophene rings is 1. The maximum Gasteiger partial charge on any atom is 0.240 e. The third-order valence-corrected chi connectivity index (χ3v) is 7.16. The Morgan fingerprint density at radius 1 is 1.15 bits per heavy atom. The Balaban J connectivity index is 1.78. The summed E-state index contributed by atoms with van der Waals surface area (Å²) in [7, 11) is 3.61. The molecule has 4 rings (SSSR count). The molecule has 1 aliphatic carbocycles. The molecule has 0 radical (unpaired) electrons. The summed E-state index contributed by atoms with van der Waals surface area (Å²) in [6.07, 6.45) is 6.33. The quantitative estimate of drug-likeness (QED) is 0.492. The second kappa shape index (κ2) is 7.37. The van der Waals surface area contributed by atoms with Crippen molar-refractivity contribution in [2.75, 3.05) is 14.1 Å². The van der Waals surface area contributed by atoms with E-state index in [1.54, 1.807) is 48.4 Å². The lowest BCUT2D eigenvalue weighted by molar-refractivity contribution is -0.128. The molecule has 0 saturated carbocycles. The number of carbonyl (C=O) groups is 1.